The molecule has 3 nitrogen and oxygen atoms in total. The van der Waals surface area contributed by atoms with Crippen molar-refractivity contribution in [1.29, 1.82) is 0 Å². The van der Waals surface area contributed by atoms with Crippen LogP contribution in [0.2, 0.25) is 5.02 Å². The van der Waals surface area contributed by atoms with Crippen LogP contribution in [0.5, 0.6) is 0 Å². The number of thiophene rings is 1. The van der Waals surface area contributed by atoms with Crippen molar-refractivity contribution >= 4 is 28.8 Å². The van der Waals surface area contributed by atoms with Crippen molar-refractivity contribution in [3.63, 3.8) is 0 Å². The monoisotopic (exact) mass is 261 g/mol. The number of amides is 1. The number of nitrogens with one attached hydrogen (secondary N) is 1. The summed E-state index contributed by atoms with van der Waals surface area (Å²) >= 11 is 7.19. The summed E-state index contributed by atoms with van der Waals surface area (Å²) < 4.78 is 0. The molecular weight excluding hydrogens is 246 g/mol. The summed E-state index contributed by atoms with van der Waals surface area (Å²) in [5.41, 5.74) is 0. The van der Waals surface area contributed by atoms with Crippen molar-refractivity contribution in [3.05, 3.63) is 21.3 Å². The molecule has 5 heteroatoms. The lowest BCUT2D eigenvalue weighted by Crippen LogP contribution is -2.29. The molecule has 0 radical (unpaired) electrons. The maximum absolute atomic E-state index is 11.7. The molecule has 1 aromatic heterocycles. The molecule has 0 aliphatic carbocycles. The van der Waals surface area contributed by atoms with Crippen LogP contribution in [0.3, 0.4) is 0 Å². The van der Waals surface area contributed by atoms with Crippen molar-refractivity contribution in [1.82, 2.24) is 5.32 Å². The molecule has 90 valence electrons. The smallest absolute Gasteiger partial charge is 0.262 e. The average molecular weight is 262 g/mol. The van der Waals surface area contributed by atoms with E-state index in [9.17, 15) is 4.79 Å². The fourth-order valence-corrected chi connectivity index (χ4v) is 2.46. The zero-order chi connectivity index (χ0) is 12.0. The number of aliphatic hydroxyl groups is 1. The Labute approximate surface area is 104 Å². The van der Waals surface area contributed by atoms with Gasteiger partial charge in [0, 0.05) is 13.2 Å². The maximum Gasteiger partial charge on any atom is 0.262 e. The first-order chi connectivity index (χ1) is 7.69. The Morgan fingerprint density at radius 1 is 1.69 bits per heavy atom. The minimum absolute atomic E-state index is 0.128. The lowest BCUT2D eigenvalue weighted by molar-refractivity contribution is 0.0948. The van der Waals surface area contributed by atoms with Gasteiger partial charge in [-0.15, -0.1) is 11.3 Å². The SMILES string of the molecule is CCC(CCO)CNC(=O)c1sccc1Cl. The molecule has 16 heavy (non-hydrogen) atoms. The highest BCUT2D eigenvalue weighted by molar-refractivity contribution is 7.12. The summed E-state index contributed by atoms with van der Waals surface area (Å²) in [5.74, 6) is 0.198. The summed E-state index contributed by atoms with van der Waals surface area (Å²) in [6.45, 7) is 2.79. The van der Waals surface area contributed by atoms with Gasteiger partial charge in [-0.3, -0.25) is 4.79 Å². The number of hydrogen-bond acceptors (Lipinski definition) is 3. The minimum Gasteiger partial charge on any atom is -0.396 e. The lowest BCUT2D eigenvalue weighted by atomic mass is 10.0. The molecule has 1 unspecified atom stereocenters. The second kappa shape index (κ2) is 6.89. The third-order valence-electron chi connectivity index (χ3n) is 2.49. The van der Waals surface area contributed by atoms with Gasteiger partial charge in [-0.1, -0.05) is 24.9 Å². The molecule has 1 amide bonds. The summed E-state index contributed by atoms with van der Waals surface area (Å²) in [4.78, 5) is 12.3. The molecule has 0 bridgehead atoms. The van der Waals surface area contributed by atoms with Gasteiger partial charge in [0.15, 0.2) is 0 Å². The van der Waals surface area contributed by atoms with Crippen molar-refractivity contribution < 1.29 is 9.90 Å². The number of rotatable bonds is 6. The normalized spacial score (nSPS) is 12.4. The van der Waals surface area contributed by atoms with Crippen LogP contribution in [0.15, 0.2) is 11.4 Å². The molecule has 1 atom stereocenters. The van der Waals surface area contributed by atoms with E-state index >= 15 is 0 Å². The lowest BCUT2D eigenvalue weighted by Gasteiger charge is -2.13. The highest BCUT2D eigenvalue weighted by atomic mass is 35.5. The van der Waals surface area contributed by atoms with Gasteiger partial charge < -0.3 is 10.4 Å². The topological polar surface area (TPSA) is 49.3 Å². The maximum atomic E-state index is 11.7. The molecular formula is C11H16ClNO2S. The highest BCUT2D eigenvalue weighted by Gasteiger charge is 2.13. The van der Waals surface area contributed by atoms with Crippen LogP contribution < -0.4 is 5.32 Å². The zero-order valence-electron chi connectivity index (χ0n) is 9.20. The molecule has 0 saturated heterocycles. The summed E-state index contributed by atoms with van der Waals surface area (Å²) in [5, 5.41) is 14.0. The van der Waals surface area contributed by atoms with Crippen LogP contribution in [0.1, 0.15) is 29.4 Å². The number of aliphatic hydroxyl groups excluding tert-OH is 1. The van der Waals surface area contributed by atoms with E-state index in [0.717, 1.165) is 12.8 Å². The number of carbonyl (C=O) groups is 1. The van der Waals surface area contributed by atoms with Gasteiger partial charge in [-0.25, -0.2) is 0 Å². The first-order valence-corrected chi connectivity index (χ1v) is 6.56. The molecule has 0 aromatic carbocycles. The van der Waals surface area contributed by atoms with Gasteiger partial charge in [-0.2, -0.15) is 0 Å². The van der Waals surface area contributed by atoms with Crippen molar-refractivity contribution in [2.45, 2.75) is 19.8 Å². The quantitative estimate of drug-likeness (QED) is 0.827. The van der Waals surface area contributed by atoms with Crippen LogP contribution >= 0.6 is 22.9 Å². The van der Waals surface area contributed by atoms with E-state index in [-0.39, 0.29) is 12.5 Å². The molecule has 1 heterocycles. The fraction of sp³-hybridized carbons (Fsp3) is 0.545. The van der Waals surface area contributed by atoms with E-state index in [2.05, 4.69) is 5.32 Å². The molecule has 1 aromatic rings. The third-order valence-corrected chi connectivity index (χ3v) is 3.83. The Morgan fingerprint density at radius 3 is 2.94 bits per heavy atom. The molecule has 0 saturated carbocycles. The van der Waals surface area contributed by atoms with Gasteiger partial charge in [-0.05, 0) is 23.8 Å². The van der Waals surface area contributed by atoms with Crippen LogP contribution in [0.4, 0.5) is 0 Å². The summed E-state index contributed by atoms with van der Waals surface area (Å²) in [6.07, 6.45) is 1.66. The van der Waals surface area contributed by atoms with Gasteiger partial charge in [0.1, 0.15) is 4.88 Å². The Morgan fingerprint density at radius 2 is 2.44 bits per heavy atom. The van der Waals surface area contributed by atoms with E-state index in [1.54, 1.807) is 11.4 Å². The molecule has 0 fully saturated rings. The summed E-state index contributed by atoms with van der Waals surface area (Å²) in [7, 11) is 0. The van der Waals surface area contributed by atoms with Crippen molar-refractivity contribution in [3.8, 4) is 0 Å². The van der Waals surface area contributed by atoms with Crippen LogP contribution in [0, 0.1) is 5.92 Å². The van der Waals surface area contributed by atoms with E-state index in [0.29, 0.717) is 22.4 Å². The Balaban J connectivity index is 2.43. The second-order valence-corrected chi connectivity index (χ2v) is 4.92. The van der Waals surface area contributed by atoms with Crippen molar-refractivity contribution in [2.24, 2.45) is 5.92 Å². The molecule has 0 aliphatic heterocycles. The fourth-order valence-electron chi connectivity index (χ4n) is 1.41. The van der Waals surface area contributed by atoms with Crippen molar-refractivity contribution in [2.75, 3.05) is 13.2 Å². The Hall–Kier alpha value is -0.580. The first kappa shape index (κ1) is 13.5. The van der Waals surface area contributed by atoms with E-state index in [1.165, 1.54) is 11.3 Å². The van der Waals surface area contributed by atoms with Crippen LogP contribution in [-0.4, -0.2) is 24.2 Å². The molecule has 1 rings (SSSR count). The van der Waals surface area contributed by atoms with E-state index < -0.39 is 0 Å². The first-order valence-electron chi connectivity index (χ1n) is 5.31. The summed E-state index contributed by atoms with van der Waals surface area (Å²) in [6, 6.07) is 1.71. The standard InChI is InChI=1S/C11H16ClNO2S/c1-2-8(3-5-14)7-13-11(15)10-9(12)4-6-16-10/h4,6,8,14H,2-3,5,7H2,1H3,(H,13,15). The molecule has 0 spiro atoms. The third kappa shape index (κ3) is 3.77. The molecule has 2 N–H and O–H groups in total. The largest absolute Gasteiger partial charge is 0.396 e. The average Bonchev–Trinajstić information content (AvgIpc) is 2.70. The predicted molar refractivity (Wildman–Crippen MR) is 67.1 cm³/mol. The van der Waals surface area contributed by atoms with Crippen LogP contribution in [0.25, 0.3) is 0 Å². The van der Waals surface area contributed by atoms with E-state index in [1.807, 2.05) is 6.92 Å². The number of halogens is 1. The highest BCUT2D eigenvalue weighted by Crippen LogP contribution is 2.21. The Bertz CT molecular complexity index is 340. The second-order valence-electron chi connectivity index (χ2n) is 3.59. The van der Waals surface area contributed by atoms with Gasteiger partial charge in [0.25, 0.3) is 5.91 Å². The number of carbonyl (C=O) groups excluding carboxylic acids is 1. The Kier molecular flexibility index (Phi) is 5.80. The number of hydrogen-bond donors (Lipinski definition) is 2. The molecule has 0 aliphatic rings. The van der Waals surface area contributed by atoms with E-state index in [4.69, 9.17) is 16.7 Å². The van der Waals surface area contributed by atoms with Crippen LogP contribution in [-0.2, 0) is 0 Å². The minimum atomic E-state index is -0.128. The zero-order valence-corrected chi connectivity index (χ0v) is 10.8. The predicted octanol–water partition coefficient (Wildman–Crippen LogP) is 2.54. The van der Waals surface area contributed by atoms with Gasteiger partial charge in [0.05, 0.1) is 5.02 Å². The van der Waals surface area contributed by atoms with Gasteiger partial charge in [0.2, 0.25) is 0 Å². The van der Waals surface area contributed by atoms with Gasteiger partial charge >= 0.3 is 0 Å².